The van der Waals surface area contributed by atoms with Gasteiger partial charge < -0.3 is 5.32 Å². The first kappa shape index (κ1) is 15.2. The van der Waals surface area contributed by atoms with Crippen LogP contribution in [-0.4, -0.2) is 28.2 Å². The molecule has 1 aromatic carbocycles. The summed E-state index contributed by atoms with van der Waals surface area (Å²) in [6, 6.07) is 9.94. The predicted molar refractivity (Wildman–Crippen MR) is 90.9 cm³/mol. The number of hydrogen-bond acceptors (Lipinski definition) is 4. The highest BCUT2D eigenvalue weighted by molar-refractivity contribution is 9.10. The number of nitrogens with zero attached hydrogens (tertiary/aromatic N) is 2. The van der Waals surface area contributed by atoms with E-state index in [1.54, 1.807) is 7.05 Å². The molecule has 1 fully saturated rings. The van der Waals surface area contributed by atoms with E-state index in [2.05, 4.69) is 25.6 Å². The molecular formula is C15H15BrN4OS. The minimum Gasteiger partial charge on any atom is -0.345 e. The molecule has 1 aromatic heterocycles. The first-order valence-electron chi connectivity index (χ1n) is 6.75. The summed E-state index contributed by atoms with van der Waals surface area (Å²) in [5, 5.41) is 11.0. The van der Waals surface area contributed by atoms with Crippen LogP contribution in [0.1, 0.15) is 18.2 Å². The van der Waals surface area contributed by atoms with Crippen LogP contribution in [0.25, 0.3) is 11.3 Å². The highest BCUT2D eigenvalue weighted by Crippen LogP contribution is 2.34. The number of hydrogen-bond donors (Lipinski definition) is 2. The van der Waals surface area contributed by atoms with Crippen molar-refractivity contribution >= 4 is 39.3 Å². The number of carbonyl (C=O) groups excluding carboxylic acids is 1. The van der Waals surface area contributed by atoms with Gasteiger partial charge in [-0.2, -0.15) is 4.37 Å². The molecule has 2 N–H and O–H groups in total. The van der Waals surface area contributed by atoms with Crippen LogP contribution in [0.3, 0.4) is 0 Å². The average molecular weight is 379 g/mol. The minimum atomic E-state index is -0.581. The van der Waals surface area contributed by atoms with Crippen molar-refractivity contribution in [2.24, 2.45) is 0 Å². The highest BCUT2D eigenvalue weighted by Gasteiger charge is 2.39. The number of carbonyl (C=O) groups is 1. The first-order valence-corrected chi connectivity index (χ1v) is 8.32. The Morgan fingerprint density at radius 3 is 2.91 bits per heavy atom. The smallest absolute Gasteiger partial charge is 0.231 e. The fourth-order valence-corrected chi connectivity index (χ4v) is 3.65. The largest absolute Gasteiger partial charge is 0.345 e. The summed E-state index contributed by atoms with van der Waals surface area (Å²) in [5.74, 6) is 0.0554. The maximum absolute atomic E-state index is 12.0. The molecule has 0 bridgehead atoms. The van der Waals surface area contributed by atoms with Crippen LogP contribution in [0.4, 0.5) is 0 Å². The maximum atomic E-state index is 12.0. The maximum Gasteiger partial charge on any atom is 0.231 e. The zero-order valence-electron chi connectivity index (χ0n) is 12.2. The molecule has 5 nitrogen and oxygen atoms in total. The molecule has 0 unspecified atom stereocenters. The number of nitrogens with one attached hydrogen (secondary N) is 2. The standard InChI is InChI=1S/C15H15BrN4OS/c1-15(8-13(21)20(2)14(17)18-15)12-7-11(19-22-12)9-4-3-5-10(16)6-9/h3-7H,8H2,1-2H3,(H2,17,18)/t15-/m0/s1. The second kappa shape index (κ2) is 5.48. The molecule has 1 atom stereocenters. The molecule has 2 heterocycles. The summed E-state index contributed by atoms with van der Waals surface area (Å²) >= 11 is 4.83. The third kappa shape index (κ3) is 2.66. The summed E-state index contributed by atoms with van der Waals surface area (Å²) in [6.45, 7) is 1.94. The molecule has 114 valence electrons. The molecule has 3 rings (SSSR count). The zero-order valence-corrected chi connectivity index (χ0v) is 14.6. The Bertz CT molecular complexity index is 740. The Morgan fingerprint density at radius 1 is 1.45 bits per heavy atom. The van der Waals surface area contributed by atoms with Gasteiger partial charge in [-0.3, -0.25) is 15.1 Å². The molecule has 0 aliphatic carbocycles. The quantitative estimate of drug-likeness (QED) is 0.842. The van der Waals surface area contributed by atoms with Gasteiger partial charge in [0.25, 0.3) is 0 Å². The summed E-state index contributed by atoms with van der Waals surface area (Å²) in [4.78, 5) is 14.3. The number of amides is 1. The van der Waals surface area contributed by atoms with Crippen molar-refractivity contribution in [2.45, 2.75) is 18.9 Å². The topological polar surface area (TPSA) is 69.1 Å². The molecule has 1 saturated heterocycles. The van der Waals surface area contributed by atoms with Crippen molar-refractivity contribution in [3.63, 3.8) is 0 Å². The van der Waals surface area contributed by atoms with Crippen LogP contribution in [0.2, 0.25) is 0 Å². The molecule has 0 radical (unpaired) electrons. The fourth-order valence-electron chi connectivity index (χ4n) is 2.40. The summed E-state index contributed by atoms with van der Waals surface area (Å²) in [7, 11) is 1.61. The van der Waals surface area contributed by atoms with Gasteiger partial charge in [0.05, 0.1) is 22.5 Å². The first-order chi connectivity index (χ1) is 10.4. The van der Waals surface area contributed by atoms with Crippen molar-refractivity contribution in [1.82, 2.24) is 14.6 Å². The van der Waals surface area contributed by atoms with E-state index in [1.807, 2.05) is 37.3 Å². The number of halogens is 1. The van der Waals surface area contributed by atoms with Crippen LogP contribution in [-0.2, 0) is 10.3 Å². The predicted octanol–water partition coefficient (Wildman–Crippen LogP) is 3.17. The van der Waals surface area contributed by atoms with Gasteiger partial charge in [-0.1, -0.05) is 28.1 Å². The van der Waals surface area contributed by atoms with E-state index >= 15 is 0 Å². The minimum absolute atomic E-state index is 0.0661. The third-order valence-electron chi connectivity index (χ3n) is 3.78. The second-order valence-electron chi connectivity index (χ2n) is 5.52. The lowest BCUT2D eigenvalue weighted by molar-refractivity contribution is -0.129. The molecule has 2 aromatic rings. The van der Waals surface area contributed by atoms with E-state index in [0.717, 1.165) is 20.6 Å². The Hall–Kier alpha value is -1.73. The molecular weight excluding hydrogens is 364 g/mol. The van der Waals surface area contributed by atoms with E-state index in [9.17, 15) is 4.79 Å². The molecule has 1 aliphatic rings. The fraction of sp³-hybridized carbons (Fsp3) is 0.267. The zero-order chi connectivity index (χ0) is 15.9. The molecule has 22 heavy (non-hydrogen) atoms. The number of rotatable bonds is 2. The van der Waals surface area contributed by atoms with Crippen molar-refractivity contribution < 1.29 is 4.79 Å². The SMILES string of the molecule is CN1C(=N)N[C@](C)(c2cc(-c3cccc(Br)c3)ns2)CC1=O. The summed E-state index contributed by atoms with van der Waals surface area (Å²) in [6.07, 6.45) is 0.312. The van der Waals surface area contributed by atoms with Gasteiger partial charge in [0.1, 0.15) is 0 Å². The van der Waals surface area contributed by atoms with Crippen LogP contribution < -0.4 is 5.32 Å². The lowest BCUT2D eigenvalue weighted by Gasteiger charge is -2.38. The second-order valence-corrected chi connectivity index (χ2v) is 7.24. The molecule has 1 aliphatic heterocycles. The Morgan fingerprint density at radius 2 is 2.23 bits per heavy atom. The number of guanidine groups is 1. The van der Waals surface area contributed by atoms with Crippen LogP contribution in [0.15, 0.2) is 34.8 Å². The molecule has 0 spiro atoms. The Balaban J connectivity index is 1.93. The van der Waals surface area contributed by atoms with Crippen molar-refractivity contribution in [2.75, 3.05) is 7.05 Å². The van der Waals surface area contributed by atoms with Gasteiger partial charge in [0, 0.05) is 17.1 Å². The average Bonchev–Trinajstić information content (AvgIpc) is 2.95. The number of aromatic nitrogens is 1. The van der Waals surface area contributed by atoms with Crippen LogP contribution >= 0.6 is 27.5 Å². The van der Waals surface area contributed by atoms with Crippen molar-refractivity contribution in [3.8, 4) is 11.3 Å². The van der Waals surface area contributed by atoms with E-state index in [0.29, 0.717) is 6.42 Å². The highest BCUT2D eigenvalue weighted by atomic mass is 79.9. The van der Waals surface area contributed by atoms with Crippen LogP contribution in [0.5, 0.6) is 0 Å². The molecule has 7 heteroatoms. The Labute approximate surface area is 141 Å². The summed E-state index contributed by atoms with van der Waals surface area (Å²) in [5.41, 5.74) is 1.32. The monoisotopic (exact) mass is 378 g/mol. The van der Waals surface area contributed by atoms with E-state index in [1.165, 1.54) is 16.4 Å². The molecule has 1 amide bonds. The third-order valence-corrected chi connectivity index (χ3v) is 5.33. The van der Waals surface area contributed by atoms with E-state index in [4.69, 9.17) is 5.41 Å². The lowest BCUT2D eigenvalue weighted by Crippen LogP contribution is -2.57. The van der Waals surface area contributed by atoms with Crippen molar-refractivity contribution in [1.29, 1.82) is 5.41 Å². The van der Waals surface area contributed by atoms with Crippen molar-refractivity contribution in [3.05, 3.63) is 39.7 Å². The Kier molecular flexibility index (Phi) is 3.78. The van der Waals surface area contributed by atoms with Gasteiger partial charge in [0.2, 0.25) is 5.91 Å². The van der Waals surface area contributed by atoms with E-state index < -0.39 is 5.54 Å². The van der Waals surface area contributed by atoms with Gasteiger partial charge in [-0.05, 0) is 36.7 Å². The van der Waals surface area contributed by atoms with Gasteiger partial charge in [-0.25, -0.2) is 0 Å². The van der Waals surface area contributed by atoms with Crippen LogP contribution in [0, 0.1) is 5.41 Å². The lowest BCUT2D eigenvalue weighted by atomic mass is 9.92. The van der Waals surface area contributed by atoms with E-state index in [-0.39, 0.29) is 11.9 Å². The van der Waals surface area contributed by atoms with Gasteiger partial charge in [-0.15, -0.1) is 0 Å². The van der Waals surface area contributed by atoms with Gasteiger partial charge in [0.15, 0.2) is 5.96 Å². The normalized spacial score (nSPS) is 21.9. The summed E-state index contributed by atoms with van der Waals surface area (Å²) < 4.78 is 5.50. The molecule has 0 saturated carbocycles. The van der Waals surface area contributed by atoms with Gasteiger partial charge >= 0.3 is 0 Å². The number of benzene rings is 1.